The minimum Gasteiger partial charge on any atom is -0.373 e. The molecule has 0 radical (unpaired) electrons. The maximum absolute atomic E-state index is 12.4. The van der Waals surface area contributed by atoms with Gasteiger partial charge in [0.25, 0.3) is 0 Å². The number of aryl methyl sites for hydroxylation is 1. The maximum atomic E-state index is 12.4. The van der Waals surface area contributed by atoms with Gasteiger partial charge < -0.3 is 15.4 Å². The molecule has 0 aromatic carbocycles. The van der Waals surface area contributed by atoms with E-state index in [1.165, 1.54) is 4.68 Å². The van der Waals surface area contributed by atoms with Gasteiger partial charge in [-0.25, -0.2) is 19.4 Å². The molecule has 1 aliphatic rings. The predicted molar refractivity (Wildman–Crippen MR) is 104 cm³/mol. The highest BCUT2D eigenvalue weighted by atomic mass is 16.5. The first-order chi connectivity index (χ1) is 14.1. The lowest BCUT2D eigenvalue weighted by atomic mass is 10.0. The quantitative estimate of drug-likeness (QED) is 0.647. The Bertz CT molecular complexity index is 955. The standard InChI is InChI=1S/C18H23N9O2/c1-25-6-7-29-15(16(25)13-8-22-26(2)11-13)10-21-18(28)24-14-9-23-27(12-14)17-19-4-3-5-20-17/h3-5,8-9,11-12,15-16H,6-7,10H2,1-2H3,(H2,21,24,28)/t15-,16-/m0/s1. The van der Waals surface area contributed by atoms with Gasteiger partial charge in [0.05, 0.1) is 43.0 Å². The summed E-state index contributed by atoms with van der Waals surface area (Å²) in [5, 5.41) is 14.1. The Kier molecular flexibility index (Phi) is 5.49. The first-order valence-electron chi connectivity index (χ1n) is 9.27. The highest BCUT2D eigenvalue weighted by Crippen LogP contribution is 2.27. The van der Waals surface area contributed by atoms with Crippen molar-refractivity contribution in [1.82, 2.24) is 39.7 Å². The minimum atomic E-state index is -0.333. The van der Waals surface area contributed by atoms with E-state index in [9.17, 15) is 4.79 Å². The lowest BCUT2D eigenvalue weighted by Gasteiger charge is -2.38. The molecule has 3 aromatic heterocycles. The average molecular weight is 397 g/mol. The fourth-order valence-electron chi connectivity index (χ4n) is 3.37. The second kappa shape index (κ2) is 8.37. The molecule has 0 spiro atoms. The summed E-state index contributed by atoms with van der Waals surface area (Å²) in [6.45, 7) is 1.81. The molecule has 1 aliphatic heterocycles. The summed E-state index contributed by atoms with van der Waals surface area (Å²) in [4.78, 5) is 22.8. The normalized spacial score (nSPS) is 19.8. The molecule has 29 heavy (non-hydrogen) atoms. The van der Waals surface area contributed by atoms with E-state index in [-0.39, 0.29) is 18.2 Å². The van der Waals surface area contributed by atoms with Gasteiger partial charge in [0.1, 0.15) is 0 Å². The van der Waals surface area contributed by atoms with E-state index in [1.807, 2.05) is 26.5 Å². The summed E-state index contributed by atoms with van der Waals surface area (Å²) < 4.78 is 9.19. The molecule has 0 unspecified atom stereocenters. The third kappa shape index (κ3) is 4.41. The summed E-state index contributed by atoms with van der Waals surface area (Å²) in [6.07, 6.45) is 10.1. The Balaban J connectivity index is 1.35. The smallest absolute Gasteiger partial charge is 0.319 e. The molecule has 11 nitrogen and oxygen atoms in total. The zero-order chi connectivity index (χ0) is 20.2. The summed E-state index contributed by atoms with van der Waals surface area (Å²) in [5.41, 5.74) is 1.60. The van der Waals surface area contributed by atoms with Crippen molar-refractivity contribution in [3.05, 3.63) is 48.8 Å². The first kappa shape index (κ1) is 19.0. The van der Waals surface area contributed by atoms with E-state index in [1.54, 1.807) is 35.5 Å². The largest absolute Gasteiger partial charge is 0.373 e. The van der Waals surface area contributed by atoms with Crippen LogP contribution in [0.4, 0.5) is 10.5 Å². The molecule has 2 N–H and O–H groups in total. The predicted octanol–water partition coefficient (Wildman–Crippen LogP) is 0.589. The van der Waals surface area contributed by atoms with Crippen molar-refractivity contribution in [3.63, 3.8) is 0 Å². The molecule has 4 rings (SSSR count). The van der Waals surface area contributed by atoms with Gasteiger partial charge >= 0.3 is 6.03 Å². The monoisotopic (exact) mass is 397 g/mol. The van der Waals surface area contributed by atoms with Crippen LogP contribution in [0.2, 0.25) is 0 Å². The summed E-state index contributed by atoms with van der Waals surface area (Å²) in [5.74, 6) is 0.430. The van der Waals surface area contributed by atoms with E-state index >= 15 is 0 Å². The van der Waals surface area contributed by atoms with Crippen molar-refractivity contribution in [3.8, 4) is 5.95 Å². The van der Waals surface area contributed by atoms with E-state index in [0.29, 0.717) is 24.8 Å². The number of nitrogens with zero attached hydrogens (tertiary/aromatic N) is 7. The molecule has 1 fully saturated rings. The van der Waals surface area contributed by atoms with Gasteiger partial charge in [0.15, 0.2) is 0 Å². The number of hydrogen-bond acceptors (Lipinski definition) is 7. The van der Waals surface area contributed by atoms with Gasteiger partial charge in [-0.2, -0.15) is 10.2 Å². The second-order valence-corrected chi connectivity index (χ2v) is 6.84. The number of aromatic nitrogens is 6. The van der Waals surface area contributed by atoms with Crippen molar-refractivity contribution in [2.24, 2.45) is 7.05 Å². The van der Waals surface area contributed by atoms with Crippen molar-refractivity contribution in [2.75, 3.05) is 32.1 Å². The number of anilines is 1. The van der Waals surface area contributed by atoms with E-state index in [4.69, 9.17) is 4.74 Å². The molecule has 3 aromatic rings. The molecule has 0 bridgehead atoms. The van der Waals surface area contributed by atoms with Crippen LogP contribution < -0.4 is 10.6 Å². The van der Waals surface area contributed by atoms with Crippen LogP contribution in [-0.4, -0.2) is 73.3 Å². The van der Waals surface area contributed by atoms with Crippen molar-refractivity contribution in [2.45, 2.75) is 12.1 Å². The maximum Gasteiger partial charge on any atom is 0.319 e. The number of ether oxygens (including phenoxy) is 1. The van der Waals surface area contributed by atoms with Crippen LogP contribution in [0.15, 0.2) is 43.2 Å². The zero-order valence-electron chi connectivity index (χ0n) is 16.3. The molecule has 1 saturated heterocycles. The van der Waals surface area contributed by atoms with E-state index < -0.39 is 0 Å². The molecular formula is C18H23N9O2. The molecule has 152 valence electrons. The van der Waals surface area contributed by atoms with Crippen LogP contribution in [-0.2, 0) is 11.8 Å². The van der Waals surface area contributed by atoms with Crippen LogP contribution >= 0.6 is 0 Å². The minimum absolute atomic E-state index is 0.0238. The van der Waals surface area contributed by atoms with Crippen LogP contribution in [0.25, 0.3) is 5.95 Å². The summed E-state index contributed by atoms with van der Waals surface area (Å²) >= 11 is 0. The Morgan fingerprint density at radius 1 is 1.21 bits per heavy atom. The zero-order valence-corrected chi connectivity index (χ0v) is 16.3. The molecular weight excluding hydrogens is 374 g/mol. The van der Waals surface area contributed by atoms with Gasteiger partial charge in [0, 0.05) is 44.3 Å². The Morgan fingerprint density at radius 2 is 2.03 bits per heavy atom. The Hall–Kier alpha value is -3.31. The van der Waals surface area contributed by atoms with Gasteiger partial charge in [-0.3, -0.25) is 9.58 Å². The molecule has 11 heteroatoms. The number of morpholine rings is 1. The number of hydrogen-bond donors (Lipinski definition) is 2. The number of urea groups is 1. The van der Waals surface area contributed by atoms with E-state index in [2.05, 4.69) is 35.7 Å². The lowest BCUT2D eigenvalue weighted by molar-refractivity contribution is -0.0600. The highest BCUT2D eigenvalue weighted by Gasteiger charge is 2.32. The number of rotatable bonds is 5. The lowest BCUT2D eigenvalue weighted by Crippen LogP contribution is -2.48. The second-order valence-electron chi connectivity index (χ2n) is 6.84. The fourth-order valence-corrected chi connectivity index (χ4v) is 3.37. The van der Waals surface area contributed by atoms with Crippen LogP contribution in [0, 0.1) is 0 Å². The van der Waals surface area contributed by atoms with Gasteiger partial charge in [-0.15, -0.1) is 0 Å². The topological polar surface area (TPSA) is 115 Å². The van der Waals surface area contributed by atoms with Crippen LogP contribution in [0.3, 0.4) is 0 Å². The number of carbonyl (C=O) groups excluding carboxylic acids is 1. The molecule has 0 aliphatic carbocycles. The van der Waals surface area contributed by atoms with Gasteiger partial charge in [-0.05, 0) is 13.1 Å². The SMILES string of the molecule is CN1CCO[C@@H](CNC(=O)Nc2cnn(-c3ncccn3)c2)[C@@H]1c1cnn(C)c1. The van der Waals surface area contributed by atoms with Gasteiger partial charge in [0.2, 0.25) is 5.95 Å². The van der Waals surface area contributed by atoms with Crippen LogP contribution in [0.5, 0.6) is 0 Å². The first-order valence-corrected chi connectivity index (χ1v) is 9.27. The summed E-state index contributed by atoms with van der Waals surface area (Å²) in [7, 11) is 3.93. The van der Waals surface area contributed by atoms with Gasteiger partial charge in [-0.1, -0.05) is 0 Å². The average Bonchev–Trinajstić information content (AvgIpc) is 3.36. The number of carbonyl (C=O) groups is 1. The number of nitrogens with one attached hydrogen (secondary N) is 2. The summed E-state index contributed by atoms with van der Waals surface area (Å²) in [6, 6.07) is 1.42. The third-order valence-corrected chi connectivity index (χ3v) is 4.73. The molecule has 0 saturated carbocycles. The van der Waals surface area contributed by atoms with Crippen molar-refractivity contribution >= 4 is 11.7 Å². The third-order valence-electron chi connectivity index (χ3n) is 4.73. The van der Waals surface area contributed by atoms with Crippen LogP contribution in [0.1, 0.15) is 11.6 Å². The molecule has 2 amide bonds. The van der Waals surface area contributed by atoms with Crippen molar-refractivity contribution < 1.29 is 9.53 Å². The Labute approximate surface area is 167 Å². The Morgan fingerprint density at radius 3 is 2.79 bits per heavy atom. The van der Waals surface area contributed by atoms with Crippen molar-refractivity contribution in [1.29, 1.82) is 0 Å². The molecule has 4 heterocycles. The number of likely N-dealkylation sites (N-methyl/N-ethyl adjacent to an activating group) is 1. The highest BCUT2D eigenvalue weighted by molar-refractivity contribution is 5.88. The number of amides is 2. The fraction of sp³-hybridized carbons (Fsp3) is 0.389. The van der Waals surface area contributed by atoms with E-state index in [0.717, 1.165) is 12.1 Å². The molecule has 2 atom stereocenters.